The van der Waals surface area contributed by atoms with Crippen molar-refractivity contribution in [1.82, 2.24) is 14.3 Å². The van der Waals surface area contributed by atoms with Crippen LogP contribution in [0.25, 0.3) is 11.4 Å². The number of benzene rings is 1. The summed E-state index contributed by atoms with van der Waals surface area (Å²) in [5.41, 5.74) is 1.38. The highest BCUT2D eigenvalue weighted by Gasteiger charge is 2.33. The smallest absolute Gasteiger partial charge is 0.243 e. The van der Waals surface area contributed by atoms with E-state index in [0.29, 0.717) is 35.9 Å². The van der Waals surface area contributed by atoms with Gasteiger partial charge in [0.05, 0.1) is 16.5 Å². The summed E-state index contributed by atoms with van der Waals surface area (Å²) in [5.74, 6) is -1.26. The molecule has 1 unspecified atom stereocenters. The lowest BCUT2D eigenvalue weighted by Gasteiger charge is -2.31. The molecule has 0 spiro atoms. The fourth-order valence-corrected chi connectivity index (χ4v) is 5.53. The van der Waals surface area contributed by atoms with Crippen LogP contribution < -0.4 is 5.32 Å². The van der Waals surface area contributed by atoms with Gasteiger partial charge in [0.25, 0.3) is 0 Å². The molecule has 1 aliphatic rings. The van der Waals surface area contributed by atoms with E-state index in [-0.39, 0.29) is 17.3 Å². The number of piperidine rings is 1. The van der Waals surface area contributed by atoms with Gasteiger partial charge in [0.1, 0.15) is 11.5 Å². The lowest BCUT2D eigenvalue weighted by Crippen LogP contribution is -2.43. The van der Waals surface area contributed by atoms with Crippen LogP contribution in [-0.4, -0.2) is 41.7 Å². The third-order valence-corrected chi connectivity index (χ3v) is 7.51. The normalized spacial score (nSPS) is 17.6. The molecular formula is C20H19FN4O3S2. The van der Waals surface area contributed by atoms with Crippen molar-refractivity contribution < 1.29 is 17.6 Å². The van der Waals surface area contributed by atoms with Gasteiger partial charge in [-0.05, 0) is 49.2 Å². The quantitative estimate of drug-likeness (QED) is 0.649. The van der Waals surface area contributed by atoms with Gasteiger partial charge >= 0.3 is 0 Å². The van der Waals surface area contributed by atoms with Crippen LogP contribution in [-0.2, 0) is 14.8 Å². The van der Waals surface area contributed by atoms with E-state index < -0.39 is 21.8 Å². The third-order valence-electron chi connectivity index (χ3n) is 4.87. The van der Waals surface area contributed by atoms with Crippen molar-refractivity contribution in [2.45, 2.75) is 17.7 Å². The van der Waals surface area contributed by atoms with E-state index in [2.05, 4.69) is 15.3 Å². The number of nitrogens with one attached hydrogen (secondary N) is 1. The lowest BCUT2D eigenvalue weighted by molar-refractivity contribution is -0.120. The van der Waals surface area contributed by atoms with E-state index in [1.165, 1.54) is 27.8 Å². The number of sulfonamides is 1. The number of thiazole rings is 1. The summed E-state index contributed by atoms with van der Waals surface area (Å²) in [6, 6.07) is 10.2. The van der Waals surface area contributed by atoms with Crippen molar-refractivity contribution in [3.63, 3.8) is 0 Å². The molecule has 0 bridgehead atoms. The van der Waals surface area contributed by atoms with Crippen molar-refractivity contribution in [3.8, 4) is 11.4 Å². The van der Waals surface area contributed by atoms with Crippen LogP contribution in [0.2, 0.25) is 0 Å². The number of amides is 1. The first-order valence-corrected chi connectivity index (χ1v) is 11.7. The highest BCUT2D eigenvalue weighted by atomic mass is 32.2. The number of pyridine rings is 1. The minimum absolute atomic E-state index is 0.0184. The zero-order chi connectivity index (χ0) is 21.1. The Kier molecular flexibility index (Phi) is 5.89. The summed E-state index contributed by atoms with van der Waals surface area (Å²) < 4.78 is 40.1. The Bertz CT molecular complexity index is 1130. The number of aromatic nitrogens is 2. The monoisotopic (exact) mass is 446 g/mol. The van der Waals surface area contributed by atoms with Gasteiger partial charge in [0.2, 0.25) is 15.9 Å². The van der Waals surface area contributed by atoms with Gasteiger partial charge in [0.15, 0.2) is 5.13 Å². The molecule has 3 aromatic rings. The summed E-state index contributed by atoms with van der Waals surface area (Å²) in [6.07, 6.45) is 2.82. The number of anilines is 1. The van der Waals surface area contributed by atoms with Crippen molar-refractivity contribution in [3.05, 3.63) is 59.9 Å². The zero-order valence-corrected chi connectivity index (χ0v) is 17.5. The number of hydrogen-bond donors (Lipinski definition) is 1. The number of nitrogens with zero attached hydrogens (tertiary/aromatic N) is 3. The molecule has 10 heteroatoms. The summed E-state index contributed by atoms with van der Waals surface area (Å²) in [7, 11) is -3.78. The largest absolute Gasteiger partial charge is 0.302 e. The molecule has 1 amide bonds. The standard InChI is InChI=1S/C20H19FN4O3S2/c21-15-6-8-16(9-7-15)30(27,28)25-11-3-4-14(12-25)19(26)24-20-23-18(13-29-20)17-5-1-2-10-22-17/h1-2,5-10,13-14H,3-4,11-12H2,(H,23,24,26). The van der Waals surface area contributed by atoms with Crippen LogP contribution >= 0.6 is 11.3 Å². The molecule has 0 aliphatic carbocycles. The maximum absolute atomic E-state index is 13.1. The molecule has 30 heavy (non-hydrogen) atoms. The van der Waals surface area contributed by atoms with E-state index in [4.69, 9.17) is 0 Å². The van der Waals surface area contributed by atoms with E-state index >= 15 is 0 Å². The Labute approximate surface area is 177 Å². The Morgan fingerprint density at radius 3 is 2.70 bits per heavy atom. The van der Waals surface area contributed by atoms with Gasteiger partial charge in [-0.15, -0.1) is 11.3 Å². The second kappa shape index (κ2) is 8.58. The van der Waals surface area contributed by atoms with Gasteiger partial charge in [0, 0.05) is 24.7 Å². The maximum atomic E-state index is 13.1. The Morgan fingerprint density at radius 2 is 1.97 bits per heavy atom. The topological polar surface area (TPSA) is 92.3 Å². The van der Waals surface area contributed by atoms with Crippen LogP contribution in [0.3, 0.4) is 0 Å². The van der Waals surface area contributed by atoms with Crippen molar-refractivity contribution in [1.29, 1.82) is 0 Å². The highest BCUT2D eigenvalue weighted by molar-refractivity contribution is 7.89. The summed E-state index contributed by atoms with van der Waals surface area (Å²) in [4.78, 5) is 21.4. The number of carbonyl (C=O) groups is 1. The molecule has 1 fully saturated rings. The Balaban J connectivity index is 1.44. The third kappa shape index (κ3) is 4.40. The average Bonchev–Trinajstić information content (AvgIpc) is 3.23. The second-order valence-electron chi connectivity index (χ2n) is 6.90. The predicted octanol–water partition coefficient (Wildman–Crippen LogP) is 3.38. The highest BCUT2D eigenvalue weighted by Crippen LogP contribution is 2.27. The van der Waals surface area contributed by atoms with Crippen molar-refractivity contribution in [2.75, 3.05) is 18.4 Å². The lowest BCUT2D eigenvalue weighted by atomic mass is 9.99. The minimum atomic E-state index is -3.78. The minimum Gasteiger partial charge on any atom is -0.302 e. The van der Waals surface area contributed by atoms with Crippen LogP contribution in [0.15, 0.2) is 58.9 Å². The first kappa shape index (κ1) is 20.6. The molecule has 3 heterocycles. The molecule has 1 aliphatic heterocycles. The number of halogens is 1. The maximum Gasteiger partial charge on any atom is 0.243 e. The first-order chi connectivity index (χ1) is 14.4. The van der Waals surface area contributed by atoms with E-state index in [9.17, 15) is 17.6 Å². The number of carbonyl (C=O) groups excluding carboxylic acids is 1. The van der Waals surface area contributed by atoms with E-state index in [1.54, 1.807) is 6.20 Å². The van der Waals surface area contributed by atoms with Gasteiger partial charge < -0.3 is 5.32 Å². The first-order valence-electron chi connectivity index (χ1n) is 9.37. The molecular weight excluding hydrogens is 427 g/mol. The van der Waals surface area contributed by atoms with Gasteiger partial charge in [-0.25, -0.2) is 17.8 Å². The van der Waals surface area contributed by atoms with Crippen LogP contribution in [0.5, 0.6) is 0 Å². The van der Waals surface area contributed by atoms with Crippen molar-refractivity contribution in [2.24, 2.45) is 5.92 Å². The molecule has 1 saturated heterocycles. The zero-order valence-electron chi connectivity index (χ0n) is 15.9. The van der Waals surface area contributed by atoms with Gasteiger partial charge in [-0.3, -0.25) is 9.78 Å². The number of rotatable bonds is 5. The SMILES string of the molecule is O=C(Nc1nc(-c2ccccn2)cs1)C1CCCN(S(=O)(=O)c2ccc(F)cc2)C1. The fraction of sp³-hybridized carbons (Fsp3) is 0.250. The number of hydrogen-bond acceptors (Lipinski definition) is 6. The molecule has 156 valence electrons. The Morgan fingerprint density at radius 1 is 1.17 bits per heavy atom. The van der Waals surface area contributed by atoms with Gasteiger partial charge in [-0.1, -0.05) is 6.07 Å². The predicted molar refractivity (Wildman–Crippen MR) is 112 cm³/mol. The fourth-order valence-electron chi connectivity index (χ4n) is 3.30. The molecule has 1 aromatic carbocycles. The van der Waals surface area contributed by atoms with Gasteiger partial charge in [-0.2, -0.15) is 4.31 Å². The van der Waals surface area contributed by atoms with Crippen LogP contribution in [0.4, 0.5) is 9.52 Å². The summed E-state index contributed by atoms with van der Waals surface area (Å²) >= 11 is 1.29. The Hall–Kier alpha value is -2.69. The molecule has 1 N–H and O–H groups in total. The van der Waals surface area contributed by atoms with E-state index in [0.717, 1.165) is 12.1 Å². The average molecular weight is 447 g/mol. The van der Waals surface area contributed by atoms with E-state index in [1.807, 2.05) is 23.6 Å². The summed E-state index contributed by atoms with van der Waals surface area (Å²) in [5, 5.41) is 5.04. The second-order valence-corrected chi connectivity index (χ2v) is 9.69. The molecule has 0 saturated carbocycles. The molecule has 0 radical (unpaired) electrons. The molecule has 4 rings (SSSR count). The molecule has 7 nitrogen and oxygen atoms in total. The van der Waals surface area contributed by atoms with Crippen LogP contribution in [0.1, 0.15) is 12.8 Å². The van der Waals surface area contributed by atoms with Crippen molar-refractivity contribution >= 4 is 32.4 Å². The molecule has 1 atom stereocenters. The molecule has 2 aromatic heterocycles. The van der Waals surface area contributed by atoms with Crippen LogP contribution in [0, 0.1) is 11.7 Å². The summed E-state index contributed by atoms with van der Waals surface area (Å²) in [6.45, 7) is 0.397.